The lowest BCUT2D eigenvalue weighted by Crippen LogP contribution is -2.39. The average Bonchev–Trinajstić information content (AvgIpc) is 3.10. The summed E-state index contributed by atoms with van der Waals surface area (Å²) in [6, 6.07) is 19.0. The molecule has 3 aromatic rings. The van der Waals surface area contributed by atoms with Gasteiger partial charge < -0.3 is 14.8 Å². The molecule has 1 heterocycles. The van der Waals surface area contributed by atoms with E-state index < -0.39 is 11.9 Å². The Morgan fingerprint density at radius 2 is 1.78 bits per heavy atom. The van der Waals surface area contributed by atoms with Crippen LogP contribution >= 0.6 is 0 Å². The van der Waals surface area contributed by atoms with Gasteiger partial charge in [0.15, 0.2) is 0 Å². The number of rotatable bonds is 8. The largest absolute Gasteiger partial charge is 0.481 e. The van der Waals surface area contributed by atoms with Crippen LogP contribution in [0, 0.1) is 0 Å². The van der Waals surface area contributed by atoms with Crippen molar-refractivity contribution in [2.45, 2.75) is 38.1 Å². The number of furan rings is 1. The van der Waals surface area contributed by atoms with Crippen LogP contribution in [0.3, 0.4) is 0 Å². The number of fused-ring (bicyclic) bond motifs is 1. The number of hydrogen-bond donors (Lipinski definition) is 2. The molecule has 2 atom stereocenters. The average molecular weight is 365 g/mol. The van der Waals surface area contributed by atoms with Crippen LogP contribution in [0.5, 0.6) is 0 Å². The molecule has 5 nitrogen and oxygen atoms in total. The Morgan fingerprint density at radius 1 is 1.07 bits per heavy atom. The van der Waals surface area contributed by atoms with Crippen molar-refractivity contribution in [2.24, 2.45) is 0 Å². The summed E-state index contributed by atoms with van der Waals surface area (Å²) in [6.07, 6.45) is 0.978. The van der Waals surface area contributed by atoms with Gasteiger partial charge in [-0.25, -0.2) is 0 Å². The fourth-order valence-corrected chi connectivity index (χ4v) is 3.09. The fourth-order valence-electron chi connectivity index (χ4n) is 3.09. The smallest absolute Gasteiger partial charge is 0.303 e. The highest BCUT2D eigenvalue weighted by atomic mass is 16.4. The van der Waals surface area contributed by atoms with Crippen molar-refractivity contribution in [2.75, 3.05) is 0 Å². The van der Waals surface area contributed by atoms with Crippen LogP contribution in [0.2, 0.25) is 0 Å². The molecule has 3 rings (SSSR count). The summed E-state index contributed by atoms with van der Waals surface area (Å²) in [6.45, 7) is 1.80. The molecule has 0 aliphatic rings. The Labute approximate surface area is 158 Å². The van der Waals surface area contributed by atoms with Crippen molar-refractivity contribution in [1.82, 2.24) is 5.32 Å². The molecule has 0 fully saturated rings. The first-order valence-electron chi connectivity index (χ1n) is 9.07. The highest BCUT2D eigenvalue weighted by molar-refractivity contribution is 5.85. The summed E-state index contributed by atoms with van der Waals surface area (Å²) in [5, 5.41) is 13.0. The second kappa shape index (κ2) is 8.54. The predicted molar refractivity (Wildman–Crippen MR) is 104 cm³/mol. The first-order chi connectivity index (χ1) is 13.0. The molecule has 27 heavy (non-hydrogen) atoms. The van der Waals surface area contributed by atoms with Crippen LogP contribution in [0.25, 0.3) is 11.0 Å². The molecule has 0 saturated heterocycles. The maximum atomic E-state index is 12.7. The van der Waals surface area contributed by atoms with Gasteiger partial charge in [0.25, 0.3) is 0 Å². The van der Waals surface area contributed by atoms with E-state index in [2.05, 4.69) is 5.32 Å². The van der Waals surface area contributed by atoms with Crippen molar-refractivity contribution in [3.8, 4) is 0 Å². The summed E-state index contributed by atoms with van der Waals surface area (Å²) >= 11 is 0. The number of amides is 1. The summed E-state index contributed by atoms with van der Waals surface area (Å²) in [5.41, 5.74) is 1.81. The number of benzene rings is 2. The standard InChI is InChI=1S/C22H23NO4/c1-15(20-14-17-9-5-6-10-19(17)27-20)22(26)23-18(11-12-21(24)25)13-16-7-3-2-4-8-16/h2-10,14-15,18H,11-13H2,1H3,(H,23,26)(H,24,25). The zero-order valence-electron chi connectivity index (χ0n) is 15.2. The molecule has 0 bridgehead atoms. The van der Waals surface area contributed by atoms with Crippen LogP contribution in [-0.4, -0.2) is 23.0 Å². The maximum absolute atomic E-state index is 12.7. The number of para-hydroxylation sites is 1. The summed E-state index contributed by atoms with van der Waals surface area (Å²) in [7, 11) is 0. The molecule has 1 amide bonds. The van der Waals surface area contributed by atoms with E-state index in [-0.39, 0.29) is 18.4 Å². The van der Waals surface area contributed by atoms with Crippen molar-refractivity contribution in [3.05, 3.63) is 72.0 Å². The van der Waals surface area contributed by atoms with Gasteiger partial charge in [0.2, 0.25) is 5.91 Å². The third-order valence-corrected chi connectivity index (χ3v) is 4.64. The Morgan fingerprint density at radius 3 is 2.48 bits per heavy atom. The number of carboxylic acid groups (broad SMARTS) is 1. The van der Waals surface area contributed by atoms with Crippen LogP contribution in [-0.2, 0) is 16.0 Å². The normalized spacial score (nSPS) is 13.2. The highest BCUT2D eigenvalue weighted by Gasteiger charge is 2.23. The van der Waals surface area contributed by atoms with Crippen molar-refractivity contribution in [3.63, 3.8) is 0 Å². The van der Waals surface area contributed by atoms with Crippen LogP contribution in [0.4, 0.5) is 0 Å². The number of nitrogens with one attached hydrogen (secondary N) is 1. The molecule has 1 aromatic heterocycles. The second-order valence-corrected chi connectivity index (χ2v) is 6.74. The topological polar surface area (TPSA) is 79.5 Å². The third kappa shape index (κ3) is 4.97. The van der Waals surface area contributed by atoms with E-state index in [1.807, 2.05) is 60.7 Å². The number of hydrogen-bond acceptors (Lipinski definition) is 3. The molecule has 0 radical (unpaired) electrons. The fraction of sp³-hybridized carbons (Fsp3) is 0.273. The van der Waals surface area contributed by atoms with Crippen LogP contribution in [0.1, 0.15) is 37.0 Å². The molecule has 140 valence electrons. The van der Waals surface area contributed by atoms with Gasteiger partial charge in [0, 0.05) is 17.8 Å². The highest BCUT2D eigenvalue weighted by Crippen LogP contribution is 2.25. The minimum absolute atomic E-state index is 0.0107. The van der Waals surface area contributed by atoms with Gasteiger partial charge in [-0.15, -0.1) is 0 Å². The molecule has 2 N–H and O–H groups in total. The third-order valence-electron chi connectivity index (χ3n) is 4.64. The second-order valence-electron chi connectivity index (χ2n) is 6.74. The van der Waals surface area contributed by atoms with Crippen molar-refractivity contribution >= 4 is 22.8 Å². The Kier molecular flexibility index (Phi) is 5.91. The van der Waals surface area contributed by atoms with Gasteiger partial charge >= 0.3 is 5.97 Å². The molecule has 0 aliphatic heterocycles. The lowest BCUT2D eigenvalue weighted by atomic mass is 10.00. The zero-order valence-corrected chi connectivity index (χ0v) is 15.2. The van der Waals surface area contributed by atoms with Gasteiger partial charge in [-0.1, -0.05) is 48.5 Å². The number of aliphatic carboxylic acids is 1. The summed E-state index contributed by atoms with van der Waals surface area (Å²) < 4.78 is 5.79. The first-order valence-corrected chi connectivity index (χ1v) is 9.07. The van der Waals surface area contributed by atoms with Gasteiger partial charge in [0.05, 0.1) is 5.92 Å². The Balaban J connectivity index is 1.70. The number of carboxylic acids is 1. The van der Waals surface area contributed by atoms with Gasteiger partial charge in [-0.3, -0.25) is 9.59 Å². The molecule has 2 aromatic carbocycles. The van der Waals surface area contributed by atoms with E-state index in [1.54, 1.807) is 6.92 Å². The maximum Gasteiger partial charge on any atom is 0.303 e. The lowest BCUT2D eigenvalue weighted by molar-refractivity contribution is -0.137. The molecule has 0 saturated carbocycles. The van der Waals surface area contributed by atoms with Gasteiger partial charge in [-0.05, 0) is 37.5 Å². The molecule has 5 heteroatoms. The van der Waals surface area contributed by atoms with E-state index in [0.717, 1.165) is 16.5 Å². The van der Waals surface area contributed by atoms with E-state index in [0.29, 0.717) is 18.6 Å². The first kappa shape index (κ1) is 18.7. The SMILES string of the molecule is CC(C(=O)NC(CCC(=O)O)Cc1ccccc1)c1cc2ccccc2o1. The predicted octanol–water partition coefficient (Wildman–Crippen LogP) is 4.13. The molecular formula is C22H23NO4. The van der Waals surface area contributed by atoms with E-state index in [4.69, 9.17) is 9.52 Å². The van der Waals surface area contributed by atoms with E-state index in [1.165, 1.54) is 0 Å². The monoisotopic (exact) mass is 365 g/mol. The molecule has 0 aliphatic carbocycles. The minimum Gasteiger partial charge on any atom is -0.481 e. The molecule has 2 unspecified atom stereocenters. The Hall–Kier alpha value is -3.08. The van der Waals surface area contributed by atoms with Crippen molar-refractivity contribution in [1.29, 1.82) is 0 Å². The van der Waals surface area contributed by atoms with Gasteiger partial charge in [-0.2, -0.15) is 0 Å². The van der Waals surface area contributed by atoms with Crippen LogP contribution in [0.15, 0.2) is 65.1 Å². The van der Waals surface area contributed by atoms with Crippen molar-refractivity contribution < 1.29 is 19.1 Å². The lowest BCUT2D eigenvalue weighted by Gasteiger charge is -2.20. The summed E-state index contributed by atoms with van der Waals surface area (Å²) in [5.74, 6) is -0.890. The summed E-state index contributed by atoms with van der Waals surface area (Å²) in [4.78, 5) is 23.7. The van der Waals surface area contributed by atoms with E-state index >= 15 is 0 Å². The molecular weight excluding hydrogens is 342 g/mol. The van der Waals surface area contributed by atoms with Gasteiger partial charge in [0.1, 0.15) is 11.3 Å². The number of carbonyl (C=O) groups is 2. The number of carbonyl (C=O) groups excluding carboxylic acids is 1. The zero-order chi connectivity index (χ0) is 19.2. The minimum atomic E-state index is -0.868. The quantitative estimate of drug-likeness (QED) is 0.629. The Bertz CT molecular complexity index is 883. The van der Waals surface area contributed by atoms with Crippen LogP contribution < -0.4 is 5.32 Å². The van der Waals surface area contributed by atoms with E-state index in [9.17, 15) is 9.59 Å². The molecule has 0 spiro atoms.